The lowest BCUT2D eigenvalue weighted by Gasteiger charge is -2.02. The van der Waals surface area contributed by atoms with Crippen molar-refractivity contribution in [3.8, 4) is 17.6 Å². The lowest BCUT2D eigenvalue weighted by atomic mass is 10.3. The largest absolute Gasteiger partial charge is 0.404 e. The Morgan fingerprint density at radius 1 is 1.05 bits per heavy atom. The van der Waals surface area contributed by atoms with Crippen LogP contribution in [0.15, 0.2) is 54.9 Å². The first kappa shape index (κ1) is 12.1. The molecule has 20 heavy (non-hydrogen) atoms. The summed E-state index contributed by atoms with van der Waals surface area (Å²) in [4.78, 5) is 8.20. The Kier molecular flexibility index (Phi) is 3.25. The van der Waals surface area contributed by atoms with Crippen LogP contribution in [0.1, 0.15) is 0 Å². The summed E-state index contributed by atoms with van der Waals surface area (Å²) in [7, 11) is 0. The first-order chi connectivity index (χ1) is 9.85. The van der Waals surface area contributed by atoms with Crippen molar-refractivity contribution < 1.29 is 4.74 Å². The number of benzene rings is 1. The van der Waals surface area contributed by atoms with Gasteiger partial charge in [-0.1, -0.05) is 24.3 Å². The third-order valence-corrected chi connectivity index (χ3v) is 2.56. The second-order valence-electron chi connectivity index (χ2n) is 3.91. The number of pyridine rings is 1. The van der Waals surface area contributed by atoms with Gasteiger partial charge in [-0.15, -0.1) is 5.10 Å². The minimum atomic E-state index is 0.218. The maximum absolute atomic E-state index is 5.47. The summed E-state index contributed by atoms with van der Waals surface area (Å²) in [6.45, 7) is 0. The van der Waals surface area contributed by atoms with E-state index in [0.29, 0.717) is 11.7 Å². The van der Waals surface area contributed by atoms with Crippen LogP contribution in [0.25, 0.3) is 5.69 Å². The standard InChI is InChI=1S/C13H12N6O/c14-17-11-7-4-8-12(16-11)20-13-15-9-19(18-13)10-5-2-1-3-6-10/h1-9H,14H2,(H,16,17). The molecule has 0 radical (unpaired) electrons. The van der Waals surface area contributed by atoms with Crippen LogP contribution in [0, 0.1) is 0 Å². The smallest absolute Gasteiger partial charge is 0.342 e. The molecule has 7 heteroatoms. The number of anilines is 1. The maximum Gasteiger partial charge on any atom is 0.342 e. The minimum Gasteiger partial charge on any atom is -0.404 e. The predicted octanol–water partition coefficient (Wildman–Crippen LogP) is 1.74. The van der Waals surface area contributed by atoms with Crippen molar-refractivity contribution >= 4 is 5.82 Å². The normalized spacial score (nSPS) is 10.2. The summed E-state index contributed by atoms with van der Waals surface area (Å²) < 4.78 is 7.10. The van der Waals surface area contributed by atoms with E-state index in [1.807, 2.05) is 30.3 Å². The molecule has 0 atom stereocenters. The summed E-state index contributed by atoms with van der Waals surface area (Å²) in [5, 5.41) is 4.22. The van der Waals surface area contributed by atoms with Gasteiger partial charge in [0.2, 0.25) is 5.88 Å². The first-order valence-corrected chi connectivity index (χ1v) is 5.94. The summed E-state index contributed by atoms with van der Waals surface area (Å²) in [5.74, 6) is 6.16. The van der Waals surface area contributed by atoms with E-state index in [-0.39, 0.29) is 6.01 Å². The minimum absolute atomic E-state index is 0.218. The van der Waals surface area contributed by atoms with E-state index in [1.54, 1.807) is 29.2 Å². The van der Waals surface area contributed by atoms with Gasteiger partial charge in [0.15, 0.2) is 0 Å². The van der Waals surface area contributed by atoms with Gasteiger partial charge in [-0.05, 0) is 18.2 Å². The number of nitrogens with two attached hydrogens (primary N) is 1. The van der Waals surface area contributed by atoms with E-state index in [2.05, 4.69) is 20.5 Å². The zero-order valence-corrected chi connectivity index (χ0v) is 10.5. The van der Waals surface area contributed by atoms with Crippen LogP contribution in [0.5, 0.6) is 11.9 Å². The highest BCUT2D eigenvalue weighted by atomic mass is 16.5. The Morgan fingerprint density at radius 2 is 1.90 bits per heavy atom. The average molecular weight is 268 g/mol. The molecule has 0 saturated heterocycles. The van der Waals surface area contributed by atoms with Crippen molar-refractivity contribution in [1.82, 2.24) is 19.7 Å². The number of nitrogen functional groups attached to an aromatic ring is 1. The molecule has 3 aromatic rings. The molecule has 0 bridgehead atoms. The topological polar surface area (TPSA) is 90.9 Å². The third kappa shape index (κ3) is 2.57. The van der Waals surface area contributed by atoms with E-state index in [4.69, 9.17) is 10.6 Å². The van der Waals surface area contributed by atoms with Crippen molar-refractivity contribution in [1.29, 1.82) is 0 Å². The number of hydrogen-bond acceptors (Lipinski definition) is 6. The Labute approximate surface area is 115 Å². The van der Waals surface area contributed by atoms with Crippen molar-refractivity contribution in [3.05, 3.63) is 54.9 Å². The highest BCUT2D eigenvalue weighted by molar-refractivity contribution is 5.36. The molecule has 3 rings (SSSR count). The van der Waals surface area contributed by atoms with Crippen molar-refractivity contribution in [2.24, 2.45) is 5.84 Å². The quantitative estimate of drug-likeness (QED) is 0.553. The number of hydrazine groups is 1. The second-order valence-corrected chi connectivity index (χ2v) is 3.91. The van der Waals surface area contributed by atoms with Gasteiger partial charge in [0.05, 0.1) is 5.69 Å². The number of para-hydroxylation sites is 1. The van der Waals surface area contributed by atoms with Crippen molar-refractivity contribution in [2.45, 2.75) is 0 Å². The van der Waals surface area contributed by atoms with Gasteiger partial charge < -0.3 is 10.2 Å². The van der Waals surface area contributed by atoms with Crippen LogP contribution in [0.3, 0.4) is 0 Å². The van der Waals surface area contributed by atoms with Gasteiger partial charge >= 0.3 is 6.01 Å². The van der Waals surface area contributed by atoms with Crippen molar-refractivity contribution in [3.63, 3.8) is 0 Å². The monoisotopic (exact) mass is 268 g/mol. The molecule has 0 saturated carbocycles. The van der Waals surface area contributed by atoms with Crippen LogP contribution in [-0.2, 0) is 0 Å². The molecule has 0 aliphatic carbocycles. The van der Waals surface area contributed by atoms with Crippen LogP contribution >= 0.6 is 0 Å². The molecule has 0 unspecified atom stereocenters. The van der Waals surface area contributed by atoms with Gasteiger partial charge in [0, 0.05) is 6.07 Å². The number of aromatic nitrogens is 4. The van der Waals surface area contributed by atoms with Gasteiger partial charge in [-0.2, -0.15) is 9.97 Å². The van der Waals surface area contributed by atoms with E-state index in [0.717, 1.165) is 5.69 Å². The maximum atomic E-state index is 5.47. The van der Waals surface area contributed by atoms with Crippen LogP contribution < -0.4 is 16.0 Å². The molecule has 0 aliphatic heterocycles. The second kappa shape index (κ2) is 5.37. The fraction of sp³-hybridized carbons (Fsp3) is 0. The summed E-state index contributed by atoms with van der Waals surface area (Å²) >= 11 is 0. The summed E-state index contributed by atoms with van der Waals surface area (Å²) in [6.07, 6.45) is 1.58. The zero-order valence-electron chi connectivity index (χ0n) is 10.5. The van der Waals surface area contributed by atoms with Crippen molar-refractivity contribution in [2.75, 3.05) is 5.43 Å². The number of nitrogens with one attached hydrogen (secondary N) is 1. The molecule has 1 aromatic carbocycles. The lowest BCUT2D eigenvalue weighted by Crippen LogP contribution is -2.08. The Morgan fingerprint density at radius 3 is 2.70 bits per heavy atom. The highest BCUT2D eigenvalue weighted by Gasteiger charge is 2.06. The molecule has 0 amide bonds. The molecule has 2 heterocycles. The van der Waals surface area contributed by atoms with Gasteiger partial charge in [0.25, 0.3) is 0 Å². The number of nitrogens with zero attached hydrogens (tertiary/aromatic N) is 4. The SMILES string of the molecule is NNc1cccc(Oc2ncn(-c3ccccc3)n2)n1. The molecule has 7 nitrogen and oxygen atoms in total. The van der Waals surface area contributed by atoms with E-state index in [1.165, 1.54) is 0 Å². The van der Waals surface area contributed by atoms with E-state index < -0.39 is 0 Å². The fourth-order valence-electron chi connectivity index (χ4n) is 1.65. The molecular formula is C13H12N6O. The average Bonchev–Trinajstić information content (AvgIpc) is 2.97. The Balaban J connectivity index is 1.80. The zero-order chi connectivity index (χ0) is 13.8. The summed E-state index contributed by atoms with van der Waals surface area (Å²) in [5.41, 5.74) is 3.35. The van der Waals surface area contributed by atoms with E-state index >= 15 is 0 Å². The molecule has 0 aliphatic rings. The molecule has 100 valence electrons. The fourth-order valence-corrected chi connectivity index (χ4v) is 1.65. The number of hydrogen-bond donors (Lipinski definition) is 2. The molecule has 0 fully saturated rings. The number of rotatable bonds is 4. The van der Waals surface area contributed by atoms with Gasteiger partial charge in [-0.25, -0.2) is 10.5 Å². The van der Waals surface area contributed by atoms with Gasteiger partial charge in [0.1, 0.15) is 12.1 Å². The first-order valence-electron chi connectivity index (χ1n) is 5.94. The highest BCUT2D eigenvalue weighted by Crippen LogP contribution is 2.17. The molecular weight excluding hydrogens is 256 g/mol. The third-order valence-electron chi connectivity index (χ3n) is 2.56. The predicted molar refractivity (Wildman–Crippen MR) is 73.5 cm³/mol. The van der Waals surface area contributed by atoms with Gasteiger partial charge in [-0.3, -0.25) is 0 Å². The molecule has 2 aromatic heterocycles. The lowest BCUT2D eigenvalue weighted by molar-refractivity contribution is 0.425. The van der Waals surface area contributed by atoms with Crippen LogP contribution in [0.2, 0.25) is 0 Å². The summed E-state index contributed by atoms with van der Waals surface area (Å²) in [6, 6.07) is 15.1. The van der Waals surface area contributed by atoms with Crippen LogP contribution in [0.4, 0.5) is 5.82 Å². The van der Waals surface area contributed by atoms with E-state index in [9.17, 15) is 0 Å². The Bertz CT molecular complexity index is 697. The van der Waals surface area contributed by atoms with Crippen LogP contribution in [-0.4, -0.2) is 19.7 Å². The molecule has 3 N–H and O–H groups in total. The molecule has 0 spiro atoms. The number of ether oxygens (including phenoxy) is 1. The Hall–Kier alpha value is -2.93.